The van der Waals surface area contributed by atoms with Crippen molar-refractivity contribution >= 4 is 6.08 Å². The first-order chi connectivity index (χ1) is 6.65. The summed E-state index contributed by atoms with van der Waals surface area (Å²) in [5.41, 5.74) is 5.11. The van der Waals surface area contributed by atoms with Gasteiger partial charge in [-0.3, -0.25) is 0 Å². The van der Waals surface area contributed by atoms with Gasteiger partial charge in [-0.2, -0.15) is 0 Å². The van der Waals surface area contributed by atoms with Crippen molar-refractivity contribution in [2.45, 2.75) is 27.2 Å². The second-order valence-electron chi connectivity index (χ2n) is 3.47. The van der Waals surface area contributed by atoms with Gasteiger partial charge in [0.25, 0.3) is 0 Å². The number of hydrogen-bond donors (Lipinski definition) is 0. The van der Waals surface area contributed by atoms with Crippen molar-refractivity contribution in [2.24, 2.45) is 0 Å². The van der Waals surface area contributed by atoms with E-state index in [4.69, 9.17) is 4.74 Å². The Morgan fingerprint density at radius 1 is 1.43 bits per heavy atom. The Balaban J connectivity index is 3.46. The molecule has 1 aromatic carbocycles. The Labute approximate surface area is 86.4 Å². The molecule has 0 aliphatic heterocycles. The molecule has 1 aromatic rings. The van der Waals surface area contributed by atoms with Crippen LogP contribution < -0.4 is 4.74 Å². The second kappa shape index (κ2) is 4.32. The first-order valence-corrected chi connectivity index (χ1v) is 4.95. The van der Waals surface area contributed by atoms with E-state index in [2.05, 4.69) is 33.4 Å². The fraction of sp³-hybridized carbons (Fsp3) is 0.385. The van der Waals surface area contributed by atoms with Crippen LogP contribution in [0.25, 0.3) is 6.08 Å². The zero-order valence-electron chi connectivity index (χ0n) is 9.48. The van der Waals surface area contributed by atoms with E-state index in [0.717, 1.165) is 17.7 Å². The Bertz CT molecular complexity index is 351. The Morgan fingerprint density at radius 2 is 2.07 bits per heavy atom. The van der Waals surface area contributed by atoms with Crippen LogP contribution in [0.15, 0.2) is 12.6 Å². The summed E-state index contributed by atoms with van der Waals surface area (Å²) in [5, 5.41) is 0. The van der Waals surface area contributed by atoms with E-state index >= 15 is 0 Å². The summed E-state index contributed by atoms with van der Waals surface area (Å²) in [5.74, 6) is 0.923. The summed E-state index contributed by atoms with van der Waals surface area (Å²) in [6, 6.07) is 2.09. The van der Waals surface area contributed by atoms with Gasteiger partial charge < -0.3 is 4.74 Å². The van der Waals surface area contributed by atoms with E-state index in [1.807, 2.05) is 6.08 Å². The smallest absolute Gasteiger partial charge is 0.126 e. The molecular formula is C13H18O. The number of rotatable bonds is 3. The third kappa shape index (κ3) is 1.67. The lowest BCUT2D eigenvalue weighted by Crippen LogP contribution is -1.98. The quantitative estimate of drug-likeness (QED) is 0.708. The van der Waals surface area contributed by atoms with Crippen LogP contribution in [0.1, 0.15) is 29.2 Å². The Hall–Kier alpha value is -1.24. The van der Waals surface area contributed by atoms with Crippen LogP contribution in [-0.4, -0.2) is 7.11 Å². The van der Waals surface area contributed by atoms with Crippen molar-refractivity contribution in [3.05, 3.63) is 34.9 Å². The fourth-order valence-electron chi connectivity index (χ4n) is 1.97. The van der Waals surface area contributed by atoms with Gasteiger partial charge in [0.1, 0.15) is 5.75 Å². The van der Waals surface area contributed by atoms with Crippen molar-refractivity contribution in [2.75, 3.05) is 7.11 Å². The second-order valence-corrected chi connectivity index (χ2v) is 3.47. The maximum absolute atomic E-state index is 5.33. The van der Waals surface area contributed by atoms with E-state index in [9.17, 15) is 0 Å². The summed E-state index contributed by atoms with van der Waals surface area (Å²) in [6.45, 7) is 10.3. The summed E-state index contributed by atoms with van der Waals surface area (Å²) < 4.78 is 5.33. The maximum Gasteiger partial charge on any atom is 0.126 e. The third-order valence-electron chi connectivity index (χ3n) is 2.72. The minimum atomic E-state index is 0.923. The van der Waals surface area contributed by atoms with Crippen LogP contribution in [0.3, 0.4) is 0 Å². The number of methoxy groups -OCH3 is 1. The molecule has 0 aliphatic rings. The lowest BCUT2D eigenvalue weighted by atomic mass is 9.95. The molecular weight excluding hydrogens is 172 g/mol. The lowest BCUT2D eigenvalue weighted by molar-refractivity contribution is 0.413. The SMILES string of the molecule is C=Cc1c(OC)cc(C)c(CC)c1C. The molecule has 0 saturated carbocycles. The molecule has 76 valence electrons. The van der Waals surface area contributed by atoms with Crippen LogP contribution in [0.5, 0.6) is 5.75 Å². The standard InChI is InChI=1S/C13H18O/c1-6-11-9(3)8-13(14-5)12(7-2)10(11)4/h7-8H,2,6H2,1,3-5H3. The highest BCUT2D eigenvalue weighted by Gasteiger charge is 2.09. The van der Waals surface area contributed by atoms with E-state index in [0.29, 0.717) is 0 Å². The molecule has 14 heavy (non-hydrogen) atoms. The lowest BCUT2D eigenvalue weighted by Gasteiger charge is -2.14. The minimum absolute atomic E-state index is 0.923. The van der Waals surface area contributed by atoms with Crippen LogP contribution >= 0.6 is 0 Å². The highest BCUT2D eigenvalue weighted by Crippen LogP contribution is 2.29. The number of benzene rings is 1. The molecule has 0 amide bonds. The monoisotopic (exact) mass is 190 g/mol. The van der Waals surface area contributed by atoms with Gasteiger partial charge in [-0.1, -0.05) is 19.6 Å². The molecule has 0 fully saturated rings. The Morgan fingerprint density at radius 3 is 2.50 bits per heavy atom. The Kier molecular flexibility index (Phi) is 3.34. The molecule has 0 heterocycles. The average molecular weight is 190 g/mol. The van der Waals surface area contributed by atoms with E-state index in [-0.39, 0.29) is 0 Å². The van der Waals surface area contributed by atoms with Crippen LogP contribution in [0, 0.1) is 13.8 Å². The summed E-state index contributed by atoms with van der Waals surface area (Å²) in [7, 11) is 1.70. The largest absolute Gasteiger partial charge is 0.496 e. The first kappa shape index (κ1) is 10.8. The van der Waals surface area contributed by atoms with Gasteiger partial charge in [-0.25, -0.2) is 0 Å². The zero-order chi connectivity index (χ0) is 10.7. The van der Waals surface area contributed by atoms with Crippen molar-refractivity contribution in [1.29, 1.82) is 0 Å². The molecule has 0 aromatic heterocycles. The topological polar surface area (TPSA) is 9.23 Å². The molecule has 0 N–H and O–H groups in total. The van der Waals surface area contributed by atoms with E-state index in [1.54, 1.807) is 7.11 Å². The van der Waals surface area contributed by atoms with Crippen molar-refractivity contribution in [3.63, 3.8) is 0 Å². The average Bonchev–Trinajstić information content (AvgIpc) is 2.17. The summed E-state index contributed by atoms with van der Waals surface area (Å²) in [6.07, 6.45) is 2.93. The molecule has 0 saturated heterocycles. The molecule has 1 heteroatoms. The predicted octanol–water partition coefficient (Wildman–Crippen LogP) is 3.52. The van der Waals surface area contributed by atoms with Crippen molar-refractivity contribution < 1.29 is 4.74 Å². The highest BCUT2D eigenvalue weighted by molar-refractivity contribution is 5.63. The molecule has 1 rings (SSSR count). The van der Waals surface area contributed by atoms with Gasteiger partial charge in [-0.05, 0) is 43.0 Å². The summed E-state index contributed by atoms with van der Waals surface area (Å²) in [4.78, 5) is 0. The third-order valence-corrected chi connectivity index (χ3v) is 2.72. The normalized spacial score (nSPS) is 10.0. The van der Waals surface area contributed by atoms with E-state index in [1.165, 1.54) is 16.7 Å². The van der Waals surface area contributed by atoms with Crippen LogP contribution in [0.4, 0.5) is 0 Å². The minimum Gasteiger partial charge on any atom is -0.496 e. The van der Waals surface area contributed by atoms with Crippen molar-refractivity contribution in [1.82, 2.24) is 0 Å². The molecule has 0 atom stereocenters. The van der Waals surface area contributed by atoms with Gasteiger partial charge in [0.15, 0.2) is 0 Å². The summed E-state index contributed by atoms with van der Waals surface area (Å²) >= 11 is 0. The maximum atomic E-state index is 5.33. The van der Waals surface area contributed by atoms with Gasteiger partial charge in [0.05, 0.1) is 7.11 Å². The first-order valence-electron chi connectivity index (χ1n) is 4.95. The molecule has 0 unspecified atom stereocenters. The fourth-order valence-corrected chi connectivity index (χ4v) is 1.97. The molecule has 0 radical (unpaired) electrons. The molecule has 0 aliphatic carbocycles. The van der Waals surface area contributed by atoms with Gasteiger partial charge in [0.2, 0.25) is 0 Å². The number of ether oxygens (including phenoxy) is 1. The van der Waals surface area contributed by atoms with Crippen LogP contribution in [0.2, 0.25) is 0 Å². The van der Waals surface area contributed by atoms with Crippen LogP contribution in [-0.2, 0) is 6.42 Å². The van der Waals surface area contributed by atoms with E-state index < -0.39 is 0 Å². The predicted molar refractivity (Wildman–Crippen MR) is 61.9 cm³/mol. The highest BCUT2D eigenvalue weighted by atomic mass is 16.5. The van der Waals surface area contributed by atoms with Gasteiger partial charge in [0, 0.05) is 5.56 Å². The number of aryl methyl sites for hydroxylation is 1. The molecule has 1 nitrogen and oxygen atoms in total. The van der Waals surface area contributed by atoms with Gasteiger partial charge >= 0.3 is 0 Å². The zero-order valence-corrected chi connectivity index (χ0v) is 9.48. The van der Waals surface area contributed by atoms with Gasteiger partial charge in [-0.15, -0.1) is 0 Å². The molecule has 0 bridgehead atoms. The number of hydrogen-bond acceptors (Lipinski definition) is 1. The molecule has 0 spiro atoms. The van der Waals surface area contributed by atoms with Crippen molar-refractivity contribution in [3.8, 4) is 5.75 Å².